The molecular weight excluding hydrogens is 304 g/mol. The van der Waals surface area contributed by atoms with Gasteiger partial charge in [-0.3, -0.25) is 9.00 Å². The van der Waals surface area contributed by atoms with E-state index in [1.807, 2.05) is 37.4 Å². The highest BCUT2D eigenvalue weighted by atomic mass is 32.2. The molecule has 0 radical (unpaired) electrons. The summed E-state index contributed by atoms with van der Waals surface area (Å²) >= 11 is 1.43. The van der Waals surface area contributed by atoms with Crippen LogP contribution in [0, 0.1) is 13.8 Å². The number of hydrogen-bond donors (Lipinski definition) is 1. The highest BCUT2D eigenvalue weighted by Gasteiger charge is 2.12. The van der Waals surface area contributed by atoms with E-state index < -0.39 is 10.8 Å². The summed E-state index contributed by atoms with van der Waals surface area (Å²) in [6.07, 6.45) is 0.275. The largest absolute Gasteiger partial charge is 0.359 e. The number of amides is 1. The first kappa shape index (κ1) is 15.9. The van der Waals surface area contributed by atoms with E-state index in [1.54, 1.807) is 7.05 Å². The topological polar surface area (TPSA) is 59.1 Å². The number of nitrogens with zero attached hydrogens (tertiary/aromatic N) is 1. The fourth-order valence-electron chi connectivity index (χ4n) is 1.99. The number of aryl methyl sites for hydroxylation is 2. The molecule has 0 saturated carbocycles. The average molecular weight is 322 g/mol. The van der Waals surface area contributed by atoms with Gasteiger partial charge in [0.1, 0.15) is 5.01 Å². The number of nitrogens with one attached hydrogen (secondary N) is 1. The molecular formula is C15H18N2O2S2. The molecule has 0 aliphatic rings. The zero-order valence-corrected chi connectivity index (χ0v) is 13.9. The number of thiazole rings is 1. The summed E-state index contributed by atoms with van der Waals surface area (Å²) < 4.78 is 12.4. The molecule has 1 heterocycles. The maximum Gasteiger partial charge on any atom is 0.226 e. The third-order valence-corrected chi connectivity index (χ3v) is 5.45. The van der Waals surface area contributed by atoms with Crippen molar-refractivity contribution < 1.29 is 9.00 Å². The van der Waals surface area contributed by atoms with Gasteiger partial charge < -0.3 is 5.32 Å². The molecule has 4 nitrogen and oxygen atoms in total. The van der Waals surface area contributed by atoms with Gasteiger partial charge in [-0.15, -0.1) is 11.3 Å². The Balaban J connectivity index is 2.07. The molecule has 0 fully saturated rings. The van der Waals surface area contributed by atoms with Crippen LogP contribution in [0.4, 0.5) is 0 Å². The normalized spacial score (nSPS) is 12.1. The van der Waals surface area contributed by atoms with Crippen molar-refractivity contribution in [1.82, 2.24) is 10.3 Å². The first-order chi connectivity index (χ1) is 9.99. The molecule has 2 aromatic rings. The van der Waals surface area contributed by atoms with E-state index in [0.29, 0.717) is 5.75 Å². The van der Waals surface area contributed by atoms with E-state index >= 15 is 0 Å². The Morgan fingerprint density at radius 1 is 1.38 bits per heavy atom. The van der Waals surface area contributed by atoms with E-state index in [1.165, 1.54) is 11.3 Å². The summed E-state index contributed by atoms with van der Waals surface area (Å²) in [5.74, 6) is 0.320. The zero-order chi connectivity index (χ0) is 15.4. The first-order valence-corrected chi connectivity index (χ1v) is 8.79. The van der Waals surface area contributed by atoms with Gasteiger partial charge in [0, 0.05) is 17.3 Å². The van der Waals surface area contributed by atoms with Crippen LogP contribution in [0.3, 0.4) is 0 Å². The van der Waals surface area contributed by atoms with Gasteiger partial charge in [-0.1, -0.05) is 17.7 Å². The van der Waals surface area contributed by atoms with Crippen LogP contribution in [-0.4, -0.2) is 22.1 Å². The highest BCUT2D eigenvalue weighted by molar-refractivity contribution is 7.84. The molecule has 112 valence electrons. The molecule has 1 aromatic heterocycles. The number of aromatic nitrogens is 1. The van der Waals surface area contributed by atoms with Gasteiger partial charge in [0.2, 0.25) is 5.91 Å². The second kappa shape index (κ2) is 6.95. The predicted octanol–water partition coefficient (Wildman–Crippen LogP) is 2.36. The summed E-state index contributed by atoms with van der Waals surface area (Å²) in [4.78, 5) is 16.5. The number of benzene rings is 1. The number of carbonyl (C=O) groups is 1. The van der Waals surface area contributed by atoms with Gasteiger partial charge in [0.25, 0.3) is 0 Å². The second-order valence-corrected chi connectivity index (χ2v) is 7.20. The van der Waals surface area contributed by atoms with E-state index in [9.17, 15) is 9.00 Å². The number of rotatable bonds is 5. The van der Waals surface area contributed by atoms with Crippen molar-refractivity contribution in [1.29, 1.82) is 0 Å². The molecule has 21 heavy (non-hydrogen) atoms. The summed E-state index contributed by atoms with van der Waals surface area (Å²) in [6.45, 7) is 3.99. The first-order valence-electron chi connectivity index (χ1n) is 6.59. The van der Waals surface area contributed by atoms with Gasteiger partial charge in [-0.2, -0.15) is 0 Å². The SMILES string of the molecule is CNC(=O)Cc1nc(CS(=O)c2ccc(C)cc2C)cs1. The third kappa shape index (κ3) is 4.22. The molecule has 0 spiro atoms. The maximum absolute atomic E-state index is 12.4. The number of hydrogen-bond acceptors (Lipinski definition) is 4. The van der Waals surface area contributed by atoms with Gasteiger partial charge in [0.05, 0.1) is 28.7 Å². The van der Waals surface area contributed by atoms with Crippen molar-refractivity contribution in [2.24, 2.45) is 0 Å². The van der Waals surface area contributed by atoms with Gasteiger partial charge in [-0.25, -0.2) is 4.98 Å². The zero-order valence-electron chi connectivity index (χ0n) is 12.3. The van der Waals surface area contributed by atoms with Crippen molar-refractivity contribution >= 4 is 28.0 Å². The third-order valence-electron chi connectivity index (χ3n) is 3.04. The fourth-order valence-corrected chi connectivity index (χ4v) is 4.10. The van der Waals surface area contributed by atoms with E-state index in [2.05, 4.69) is 10.3 Å². The second-order valence-electron chi connectivity index (χ2n) is 4.84. The summed E-state index contributed by atoms with van der Waals surface area (Å²) in [6, 6.07) is 5.92. The Kier molecular flexibility index (Phi) is 5.25. The van der Waals surface area contributed by atoms with Crippen LogP contribution in [-0.2, 0) is 27.8 Å². The average Bonchev–Trinajstić information content (AvgIpc) is 2.85. The minimum Gasteiger partial charge on any atom is -0.359 e. The Bertz CT molecular complexity index is 680. The smallest absolute Gasteiger partial charge is 0.226 e. The lowest BCUT2D eigenvalue weighted by atomic mass is 10.2. The Labute approximate surface area is 131 Å². The number of likely N-dealkylation sites (N-methyl/N-ethyl adjacent to an activating group) is 1. The molecule has 1 N–H and O–H groups in total. The van der Waals surface area contributed by atoms with Gasteiger partial charge in [0.15, 0.2) is 0 Å². The predicted molar refractivity (Wildman–Crippen MR) is 85.9 cm³/mol. The summed E-state index contributed by atoms with van der Waals surface area (Å²) in [5.41, 5.74) is 2.97. The van der Waals surface area contributed by atoms with Crippen LogP contribution < -0.4 is 5.32 Å². The number of carbonyl (C=O) groups excluding carboxylic acids is 1. The molecule has 6 heteroatoms. The molecule has 0 aliphatic heterocycles. The van der Waals surface area contributed by atoms with Crippen molar-refractivity contribution in [2.45, 2.75) is 30.9 Å². The van der Waals surface area contributed by atoms with Gasteiger partial charge in [-0.05, 0) is 25.5 Å². The van der Waals surface area contributed by atoms with Crippen molar-refractivity contribution in [3.8, 4) is 0 Å². The lowest BCUT2D eigenvalue weighted by Gasteiger charge is -2.05. The van der Waals surface area contributed by atoms with E-state index in [-0.39, 0.29) is 12.3 Å². The Morgan fingerprint density at radius 3 is 2.81 bits per heavy atom. The minimum atomic E-state index is -1.11. The van der Waals surface area contributed by atoms with Crippen molar-refractivity contribution in [3.05, 3.63) is 45.4 Å². The summed E-state index contributed by atoms with van der Waals surface area (Å²) in [7, 11) is 0.491. The van der Waals surface area contributed by atoms with Crippen LogP contribution in [0.1, 0.15) is 21.8 Å². The van der Waals surface area contributed by atoms with Crippen LogP contribution in [0.2, 0.25) is 0 Å². The van der Waals surface area contributed by atoms with Crippen LogP contribution in [0.5, 0.6) is 0 Å². The Hall–Kier alpha value is -1.53. The summed E-state index contributed by atoms with van der Waals surface area (Å²) in [5, 5.41) is 5.20. The molecule has 1 unspecified atom stereocenters. The molecule has 1 amide bonds. The fraction of sp³-hybridized carbons (Fsp3) is 0.333. The lowest BCUT2D eigenvalue weighted by Crippen LogP contribution is -2.19. The Morgan fingerprint density at radius 2 is 2.14 bits per heavy atom. The van der Waals surface area contributed by atoms with Gasteiger partial charge >= 0.3 is 0 Å². The monoisotopic (exact) mass is 322 g/mol. The van der Waals surface area contributed by atoms with Crippen molar-refractivity contribution in [2.75, 3.05) is 7.05 Å². The van der Waals surface area contributed by atoms with Crippen LogP contribution >= 0.6 is 11.3 Å². The van der Waals surface area contributed by atoms with E-state index in [0.717, 1.165) is 26.7 Å². The molecule has 0 aliphatic carbocycles. The van der Waals surface area contributed by atoms with Crippen LogP contribution in [0.15, 0.2) is 28.5 Å². The van der Waals surface area contributed by atoms with Crippen LogP contribution in [0.25, 0.3) is 0 Å². The molecule has 1 atom stereocenters. The lowest BCUT2D eigenvalue weighted by molar-refractivity contribution is -0.119. The molecule has 0 bridgehead atoms. The van der Waals surface area contributed by atoms with E-state index in [4.69, 9.17) is 0 Å². The standard InChI is InChI=1S/C15H18N2O2S2/c1-10-4-5-13(11(2)6-10)21(19)9-12-8-20-15(17-12)7-14(18)16-3/h4-6,8H,7,9H2,1-3H3,(H,16,18). The molecule has 2 rings (SSSR count). The quantitative estimate of drug-likeness (QED) is 0.919. The van der Waals surface area contributed by atoms with Crippen molar-refractivity contribution in [3.63, 3.8) is 0 Å². The molecule has 1 aromatic carbocycles. The minimum absolute atomic E-state index is 0.0635. The maximum atomic E-state index is 12.4. The highest BCUT2D eigenvalue weighted by Crippen LogP contribution is 2.19. The molecule has 0 saturated heterocycles.